The van der Waals surface area contributed by atoms with Crippen molar-refractivity contribution in [2.24, 2.45) is 0 Å². The van der Waals surface area contributed by atoms with E-state index < -0.39 is 0 Å². The number of nitrogens with one attached hydrogen (secondary N) is 1. The molecule has 1 aromatic rings. The number of hydrogen-bond acceptors (Lipinski definition) is 3. The van der Waals surface area contributed by atoms with Crippen LogP contribution in [0.25, 0.3) is 0 Å². The van der Waals surface area contributed by atoms with Crippen LogP contribution in [-0.2, 0) is 11.2 Å². The van der Waals surface area contributed by atoms with E-state index in [-0.39, 0.29) is 0 Å². The van der Waals surface area contributed by atoms with Gasteiger partial charge < -0.3 is 10.1 Å². The maximum absolute atomic E-state index is 4.95. The molecular formula is C11H18BrNOS. The highest BCUT2D eigenvalue weighted by atomic mass is 79.9. The van der Waals surface area contributed by atoms with Gasteiger partial charge in [-0.15, -0.1) is 11.3 Å². The van der Waals surface area contributed by atoms with Gasteiger partial charge in [0.1, 0.15) is 0 Å². The molecule has 2 nitrogen and oxygen atoms in total. The van der Waals surface area contributed by atoms with E-state index in [1.807, 2.05) is 11.3 Å². The average molecular weight is 292 g/mol. The number of halogens is 1. The van der Waals surface area contributed by atoms with E-state index in [1.54, 1.807) is 7.11 Å². The molecule has 0 aliphatic carbocycles. The first-order valence-corrected chi connectivity index (χ1v) is 6.87. The predicted molar refractivity (Wildman–Crippen MR) is 69.7 cm³/mol. The normalized spacial score (nSPS) is 10.8. The second kappa shape index (κ2) is 8.28. The third-order valence-electron chi connectivity index (χ3n) is 2.14. The van der Waals surface area contributed by atoms with Crippen molar-refractivity contribution in [3.05, 3.63) is 20.8 Å². The number of hydrogen-bond donors (Lipinski definition) is 1. The minimum absolute atomic E-state index is 0.803. The summed E-state index contributed by atoms with van der Waals surface area (Å²) in [4.78, 5) is 1.47. The highest BCUT2D eigenvalue weighted by molar-refractivity contribution is 9.11. The fourth-order valence-electron chi connectivity index (χ4n) is 1.33. The summed E-state index contributed by atoms with van der Waals surface area (Å²) in [5.41, 5.74) is 0. The SMILES string of the molecule is COCCNCCCCc1ccc(Br)s1. The molecule has 86 valence electrons. The zero-order valence-electron chi connectivity index (χ0n) is 9.09. The molecule has 0 bridgehead atoms. The summed E-state index contributed by atoms with van der Waals surface area (Å²) in [6, 6.07) is 4.32. The van der Waals surface area contributed by atoms with Crippen LogP contribution in [0.1, 0.15) is 17.7 Å². The molecule has 0 amide bonds. The van der Waals surface area contributed by atoms with Gasteiger partial charge in [-0.25, -0.2) is 0 Å². The van der Waals surface area contributed by atoms with E-state index in [1.165, 1.54) is 27.9 Å². The number of methoxy groups -OCH3 is 1. The Morgan fingerprint density at radius 1 is 1.33 bits per heavy atom. The van der Waals surface area contributed by atoms with Crippen molar-refractivity contribution in [3.63, 3.8) is 0 Å². The first-order valence-electron chi connectivity index (χ1n) is 5.27. The molecule has 0 aliphatic rings. The molecule has 0 fully saturated rings. The second-order valence-corrected chi connectivity index (χ2v) is 5.95. The van der Waals surface area contributed by atoms with Crippen LogP contribution in [0.15, 0.2) is 15.9 Å². The Balaban J connectivity index is 1.93. The lowest BCUT2D eigenvalue weighted by Gasteiger charge is -2.02. The third kappa shape index (κ3) is 6.30. The highest BCUT2D eigenvalue weighted by Gasteiger charge is 1.97. The van der Waals surface area contributed by atoms with Crippen molar-refractivity contribution < 1.29 is 4.74 Å². The van der Waals surface area contributed by atoms with Crippen molar-refractivity contribution >= 4 is 27.3 Å². The molecule has 1 rings (SSSR count). The van der Waals surface area contributed by atoms with Crippen LogP contribution in [-0.4, -0.2) is 26.8 Å². The number of ether oxygens (including phenoxy) is 1. The molecule has 0 spiro atoms. The Hall–Kier alpha value is 0.1000. The summed E-state index contributed by atoms with van der Waals surface area (Å²) >= 11 is 5.31. The fraction of sp³-hybridized carbons (Fsp3) is 0.636. The standard InChI is InChI=1S/C11H18BrNOS/c1-14-9-8-13-7-3-2-4-10-5-6-11(12)15-10/h5-6,13H,2-4,7-9H2,1H3. The van der Waals surface area contributed by atoms with E-state index >= 15 is 0 Å². The molecule has 0 aliphatic heterocycles. The van der Waals surface area contributed by atoms with Crippen molar-refractivity contribution in [2.75, 3.05) is 26.8 Å². The lowest BCUT2D eigenvalue weighted by atomic mass is 10.2. The zero-order chi connectivity index (χ0) is 10.9. The van der Waals surface area contributed by atoms with Crippen LogP contribution < -0.4 is 5.32 Å². The Labute approximate surface area is 104 Å². The molecule has 0 unspecified atom stereocenters. The van der Waals surface area contributed by atoms with E-state index in [9.17, 15) is 0 Å². The van der Waals surface area contributed by atoms with Gasteiger partial charge in [-0.2, -0.15) is 0 Å². The number of thiophene rings is 1. The van der Waals surface area contributed by atoms with Gasteiger partial charge >= 0.3 is 0 Å². The summed E-state index contributed by atoms with van der Waals surface area (Å²) in [5, 5.41) is 3.35. The van der Waals surface area contributed by atoms with E-state index in [4.69, 9.17) is 4.74 Å². The van der Waals surface area contributed by atoms with Crippen molar-refractivity contribution in [1.82, 2.24) is 5.32 Å². The molecule has 0 saturated carbocycles. The molecule has 0 atom stereocenters. The van der Waals surface area contributed by atoms with Crippen LogP contribution in [0.3, 0.4) is 0 Å². The van der Waals surface area contributed by atoms with Gasteiger partial charge in [0.05, 0.1) is 10.4 Å². The molecule has 15 heavy (non-hydrogen) atoms. The molecule has 0 saturated heterocycles. The average Bonchev–Trinajstić information content (AvgIpc) is 2.63. The van der Waals surface area contributed by atoms with Crippen molar-refractivity contribution in [3.8, 4) is 0 Å². The van der Waals surface area contributed by atoms with Crippen LogP contribution in [0.4, 0.5) is 0 Å². The minimum atomic E-state index is 0.803. The smallest absolute Gasteiger partial charge is 0.0701 e. The number of aryl methyl sites for hydroxylation is 1. The van der Waals surface area contributed by atoms with Crippen LogP contribution in [0.2, 0.25) is 0 Å². The summed E-state index contributed by atoms with van der Waals surface area (Å²) in [6.07, 6.45) is 3.69. The molecular weight excluding hydrogens is 274 g/mol. The molecule has 0 radical (unpaired) electrons. The highest BCUT2D eigenvalue weighted by Crippen LogP contribution is 2.23. The van der Waals surface area contributed by atoms with E-state index in [0.29, 0.717) is 0 Å². The topological polar surface area (TPSA) is 21.3 Å². The fourth-order valence-corrected chi connectivity index (χ4v) is 2.86. The third-order valence-corrected chi connectivity index (χ3v) is 3.82. The zero-order valence-corrected chi connectivity index (χ0v) is 11.5. The van der Waals surface area contributed by atoms with Crippen LogP contribution in [0, 0.1) is 0 Å². The van der Waals surface area contributed by atoms with Gasteiger partial charge in [0.15, 0.2) is 0 Å². The molecule has 1 aromatic heterocycles. The van der Waals surface area contributed by atoms with Crippen LogP contribution in [0.5, 0.6) is 0 Å². The predicted octanol–water partition coefficient (Wildman–Crippen LogP) is 3.07. The molecule has 4 heteroatoms. The molecule has 0 aromatic carbocycles. The number of rotatable bonds is 8. The van der Waals surface area contributed by atoms with Crippen molar-refractivity contribution in [1.29, 1.82) is 0 Å². The summed E-state index contributed by atoms with van der Waals surface area (Å²) < 4.78 is 6.19. The van der Waals surface area contributed by atoms with Gasteiger partial charge in [-0.05, 0) is 53.9 Å². The van der Waals surface area contributed by atoms with E-state index in [0.717, 1.165) is 19.7 Å². The first kappa shape index (κ1) is 13.2. The largest absolute Gasteiger partial charge is 0.383 e. The quantitative estimate of drug-likeness (QED) is 0.744. The van der Waals surface area contributed by atoms with E-state index in [2.05, 4.69) is 33.4 Å². The second-order valence-electron chi connectivity index (χ2n) is 3.41. The summed E-state index contributed by atoms with van der Waals surface area (Å²) in [7, 11) is 1.73. The van der Waals surface area contributed by atoms with Gasteiger partial charge in [0.2, 0.25) is 0 Å². The summed E-state index contributed by atoms with van der Waals surface area (Å²) in [6.45, 7) is 2.86. The number of unbranched alkanes of at least 4 members (excludes halogenated alkanes) is 1. The summed E-state index contributed by atoms with van der Waals surface area (Å²) in [5.74, 6) is 0. The Morgan fingerprint density at radius 3 is 2.87 bits per heavy atom. The minimum Gasteiger partial charge on any atom is -0.383 e. The maximum atomic E-state index is 4.95. The lowest BCUT2D eigenvalue weighted by molar-refractivity contribution is 0.199. The maximum Gasteiger partial charge on any atom is 0.0701 e. The van der Waals surface area contributed by atoms with Gasteiger partial charge in [0.25, 0.3) is 0 Å². The van der Waals surface area contributed by atoms with Crippen LogP contribution >= 0.6 is 27.3 Å². The molecule has 1 heterocycles. The van der Waals surface area contributed by atoms with Gasteiger partial charge in [0, 0.05) is 18.5 Å². The first-order chi connectivity index (χ1) is 7.33. The Bertz CT molecular complexity index is 265. The molecule has 1 N–H and O–H groups in total. The van der Waals surface area contributed by atoms with Gasteiger partial charge in [-0.1, -0.05) is 0 Å². The van der Waals surface area contributed by atoms with Gasteiger partial charge in [-0.3, -0.25) is 0 Å². The lowest BCUT2D eigenvalue weighted by Crippen LogP contribution is -2.20. The van der Waals surface area contributed by atoms with Crippen molar-refractivity contribution in [2.45, 2.75) is 19.3 Å². The Kier molecular flexibility index (Phi) is 7.26. The Morgan fingerprint density at radius 2 is 2.20 bits per heavy atom. The monoisotopic (exact) mass is 291 g/mol.